The third-order valence-corrected chi connectivity index (χ3v) is 8.82. The highest BCUT2D eigenvalue weighted by atomic mass is 35.5. The molecule has 2 unspecified atom stereocenters. The van der Waals surface area contributed by atoms with Gasteiger partial charge in [-0.2, -0.15) is 0 Å². The summed E-state index contributed by atoms with van der Waals surface area (Å²) in [5, 5.41) is 15.0. The monoisotopic (exact) mass is 586 g/mol. The van der Waals surface area contributed by atoms with Crippen molar-refractivity contribution in [3.8, 4) is 5.75 Å². The number of nitrogens with one attached hydrogen (secondary N) is 1. The van der Waals surface area contributed by atoms with Gasteiger partial charge in [-0.15, -0.1) is 11.8 Å². The Labute approximate surface area is 241 Å². The first-order valence-corrected chi connectivity index (χ1v) is 14.6. The maximum Gasteiger partial charge on any atom is 0.254 e. The number of hydrogen-bond acceptors (Lipinski definition) is 8. The Balaban J connectivity index is 1.47. The minimum absolute atomic E-state index is 0.260. The van der Waals surface area contributed by atoms with Crippen LogP contribution in [0.4, 0.5) is 0 Å². The molecule has 1 amide bonds. The number of benzene rings is 2. The van der Waals surface area contributed by atoms with E-state index in [-0.39, 0.29) is 12.0 Å². The molecule has 0 saturated carbocycles. The van der Waals surface area contributed by atoms with E-state index in [9.17, 15) is 14.7 Å². The lowest BCUT2D eigenvalue weighted by molar-refractivity contribution is -0.304. The van der Waals surface area contributed by atoms with Crippen LogP contribution in [0.5, 0.6) is 5.75 Å². The number of carboxylic acids is 1. The summed E-state index contributed by atoms with van der Waals surface area (Å²) in [4.78, 5) is 26.9. The van der Waals surface area contributed by atoms with Gasteiger partial charge in [0.2, 0.25) is 0 Å². The molecule has 1 aromatic heterocycles. The van der Waals surface area contributed by atoms with Crippen molar-refractivity contribution in [1.82, 2.24) is 14.8 Å². The molecule has 2 atom stereocenters. The third kappa shape index (κ3) is 6.58. The van der Waals surface area contributed by atoms with Gasteiger partial charge in [0.1, 0.15) is 11.9 Å². The summed E-state index contributed by atoms with van der Waals surface area (Å²) in [5.41, 5.74) is 3.22. The minimum Gasteiger partial charge on any atom is -0.549 e. The molecule has 2 aromatic carbocycles. The predicted molar refractivity (Wildman–Crippen MR) is 153 cm³/mol. The van der Waals surface area contributed by atoms with Crippen LogP contribution >= 0.6 is 35.6 Å². The third-order valence-electron chi connectivity index (χ3n) is 6.87. The SMILES string of the molecule is CC(SCC1Cn2cc(C(=O)NCc3ccc(Cl)cc3)c(=S)c3cc(CN4CCOCC4)cc(c32)O1)C(=O)[O-]. The van der Waals surface area contributed by atoms with Crippen molar-refractivity contribution >= 4 is 58.4 Å². The zero-order valence-corrected chi connectivity index (χ0v) is 23.9. The Morgan fingerprint density at radius 2 is 1.95 bits per heavy atom. The lowest BCUT2D eigenvalue weighted by atomic mass is 10.0. The number of pyridine rings is 1. The van der Waals surface area contributed by atoms with Crippen LogP contribution in [0.1, 0.15) is 28.4 Å². The standard InChI is InChI=1S/C28H30ClN3O5S2/c1-17(28(34)35)39-16-21-14-32-15-23(27(33)30-12-18-2-4-20(29)5-3-18)26(38)22-10-19(11-24(37-21)25(22)32)13-31-6-8-36-9-7-31/h2-5,10-11,15,17,21H,6-9,12-14,16H2,1H3,(H,30,33)(H,34,35)/p-1. The van der Waals surface area contributed by atoms with Gasteiger partial charge in [0, 0.05) is 53.8 Å². The second kappa shape index (κ2) is 12.3. The lowest BCUT2D eigenvalue weighted by Crippen LogP contribution is -2.36. The summed E-state index contributed by atoms with van der Waals surface area (Å²) in [6.45, 7) is 6.18. The summed E-state index contributed by atoms with van der Waals surface area (Å²) in [7, 11) is 0. The lowest BCUT2D eigenvalue weighted by Gasteiger charge is -2.31. The molecule has 2 aliphatic rings. The molecule has 11 heteroatoms. The summed E-state index contributed by atoms with van der Waals surface area (Å²) >= 11 is 13.1. The molecule has 5 rings (SSSR count). The van der Waals surface area contributed by atoms with E-state index in [0.29, 0.717) is 59.4 Å². The number of halogens is 1. The van der Waals surface area contributed by atoms with Crippen molar-refractivity contribution < 1.29 is 24.2 Å². The molecule has 1 saturated heterocycles. The molecule has 0 radical (unpaired) electrons. The van der Waals surface area contributed by atoms with Crippen LogP contribution in [0.2, 0.25) is 5.02 Å². The largest absolute Gasteiger partial charge is 0.549 e. The van der Waals surface area contributed by atoms with Gasteiger partial charge in [-0.1, -0.05) is 36.0 Å². The van der Waals surface area contributed by atoms with Crippen molar-refractivity contribution in [2.75, 3.05) is 32.1 Å². The fraction of sp³-hybridized carbons (Fsp3) is 0.393. The molecule has 0 aliphatic carbocycles. The van der Waals surface area contributed by atoms with Gasteiger partial charge in [-0.05, 0) is 42.3 Å². The highest BCUT2D eigenvalue weighted by molar-refractivity contribution is 8.00. The average Bonchev–Trinajstić information content (AvgIpc) is 2.93. The fourth-order valence-corrected chi connectivity index (χ4v) is 6.02. The fourth-order valence-electron chi connectivity index (χ4n) is 4.79. The van der Waals surface area contributed by atoms with E-state index >= 15 is 0 Å². The van der Waals surface area contributed by atoms with E-state index < -0.39 is 11.2 Å². The smallest absolute Gasteiger partial charge is 0.254 e. The molecule has 3 aromatic rings. The van der Waals surface area contributed by atoms with Gasteiger partial charge in [-0.25, -0.2) is 0 Å². The number of hydrogen-bond donors (Lipinski definition) is 1. The van der Waals surface area contributed by atoms with Crippen molar-refractivity contribution in [1.29, 1.82) is 0 Å². The molecule has 0 spiro atoms. The van der Waals surface area contributed by atoms with Crippen molar-refractivity contribution in [3.05, 3.63) is 68.8 Å². The van der Waals surface area contributed by atoms with E-state index in [4.69, 9.17) is 33.3 Å². The van der Waals surface area contributed by atoms with Crippen LogP contribution in [0.25, 0.3) is 10.9 Å². The minimum atomic E-state index is -1.10. The van der Waals surface area contributed by atoms with E-state index in [1.165, 1.54) is 11.8 Å². The summed E-state index contributed by atoms with van der Waals surface area (Å²) in [6.07, 6.45) is 1.51. The summed E-state index contributed by atoms with van der Waals surface area (Å²) < 4.78 is 14.4. The molecule has 8 nitrogen and oxygen atoms in total. The number of aromatic nitrogens is 1. The van der Waals surface area contributed by atoms with Gasteiger partial charge in [0.05, 0.1) is 41.3 Å². The average molecular weight is 587 g/mol. The van der Waals surface area contributed by atoms with Crippen molar-refractivity contribution in [3.63, 3.8) is 0 Å². The number of aliphatic carboxylic acids is 1. The van der Waals surface area contributed by atoms with Crippen LogP contribution in [0, 0.1) is 4.51 Å². The quantitative estimate of drug-likeness (QED) is 0.381. The maximum atomic E-state index is 13.3. The van der Waals surface area contributed by atoms with Crippen LogP contribution in [-0.4, -0.2) is 64.8 Å². The first-order valence-electron chi connectivity index (χ1n) is 12.8. The predicted octanol–water partition coefficient (Wildman–Crippen LogP) is 3.42. The first-order chi connectivity index (χ1) is 18.8. The number of thioether (sulfide) groups is 1. The molecular formula is C28H29ClN3O5S2-. The number of morpholine rings is 1. The number of nitrogens with zero attached hydrogens (tertiary/aromatic N) is 2. The highest BCUT2D eigenvalue weighted by Crippen LogP contribution is 2.35. The number of carbonyl (C=O) groups is 2. The van der Waals surface area contributed by atoms with Gasteiger partial charge >= 0.3 is 0 Å². The second-order valence-electron chi connectivity index (χ2n) is 9.75. The highest BCUT2D eigenvalue weighted by Gasteiger charge is 2.26. The van der Waals surface area contributed by atoms with Crippen molar-refractivity contribution in [2.24, 2.45) is 0 Å². The maximum absolute atomic E-state index is 13.3. The topological polar surface area (TPSA) is 95.9 Å². The Kier molecular flexibility index (Phi) is 8.78. The number of amides is 1. The molecule has 1 fully saturated rings. The molecule has 1 N–H and O–H groups in total. The first kappa shape index (κ1) is 27.9. The molecule has 0 bridgehead atoms. The number of ether oxygens (including phenoxy) is 2. The number of carbonyl (C=O) groups excluding carboxylic acids is 2. The van der Waals surface area contributed by atoms with Gasteiger partial charge in [0.15, 0.2) is 0 Å². The van der Waals surface area contributed by atoms with E-state index in [2.05, 4.69) is 16.3 Å². The van der Waals surface area contributed by atoms with Crippen molar-refractivity contribution in [2.45, 2.75) is 37.9 Å². The zero-order valence-electron chi connectivity index (χ0n) is 21.5. The van der Waals surface area contributed by atoms with Gasteiger partial charge in [-0.3, -0.25) is 9.69 Å². The molecule has 2 aliphatic heterocycles. The Bertz CT molecular complexity index is 1440. The van der Waals surface area contributed by atoms with E-state index in [1.807, 2.05) is 22.8 Å². The van der Waals surface area contributed by atoms with Crippen LogP contribution < -0.4 is 15.2 Å². The number of carboxylic acid groups (broad SMARTS) is 1. The Hall–Kier alpha value is -2.63. The van der Waals surface area contributed by atoms with Crippen LogP contribution in [0.3, 0.4) is 0 Å². The van der Waals surface area contributed by atoms with Crippen LogP contribution in [-0.2, 0) is 29.2 Å². The van der Waals surface area contributed by atoms with E-state index in [0.717, 1.165) is 35.1 Å². The number of rotatable bonds is 9. The van der Waals surface area contributed by atoms with Crippen LogP contribution in [0.15, 0.2) is 42.6 Å². The molecule has 3 heterocycles. The molecular weight excluding hydrogens is 558 g/mol. The second-order valence-corrected chi connectivity index (χ2v) is 12.0. The summed E-state index contributed by atoms with van der Waals surface area (Å²) in [6, 6.07) is 11.4. The normalized spacial score (nSPS) is 17.9. The molecule has 39 heavy (non-hydrogen) atoms. The molecule has 206 valence electrons. The summed E-state index contributed by atoms with van der Waals surface area (Å²) in [5.74, 6) is -0.212. The van der Waals surface area contributed by atoms with E-state index in [1.54, 1.807) is 25.3 Å². The van der Waals surface area contributed by atoms with Gasteiger partial charge in [0.25, 0.3) is 5.91 Å². The Morgan fingerprint density at radius 3 is 2.67 bits per heavy atom. The zero-order chi connectivity index (χ0) is 27.5. The van der Waals surface area contributed by atoms with Gasteiger partial charge < -0.3 is 29.3 Å². The Morgan fingerprint density at radius 1 is 1.21 bits per heavy atom.